The number of nitrogens with one attached hydrogen (secondary N) is 1. The largest absolute Gasteiger partial charge is 0.505 e. The molecule has 152 valence electrons. The van der Waals surface area contributed by atoms with Gasteiger partial charge in [-0.05, 0) is 42.8 Å². The molecule has 0 saturated heterocycles. The summed E-state index contributed by atoms with van der Waals surface area (Å²) >= 11 is 25.3. The van der Waals surface area contributed by atoms with Gasteiger partial charge in [0.1, 0.15) is 17.1 Å². The molecule has 1 unspecified atom stereocenters. The number of hydrogen-bond donors (Lipinski definition) is 2. The topological polar surface area (TPSA) is 58.0 Å². The molecule has 4 rings (SSSR count). The minimum atomic E-state index is -0.604. The van der Waals surface area contributed by atoms with Gasteiger partial charge in [-0.25, -0.2) is 4.98 Å². The van der Waals surface area contributed by atoms with Crippen molar-refractivity contribution in [2.24, 2.45) is 0 Å². The van der Waals surface area contributed by atoms with E-state index in [0.29, 0.717) is 48.2 Å². The van der Waals surface area contributed by atoms with Crippen LogP contribution in [0.1, 0.15) is 22.9 Å². The van der Waals surface area contributed by atoms with Crippen molar-refractivity contribution < 1.29 is 5.11 Å². The van der Waals surface area contributed by atoms with E-state index in [4.69, 9.17) is 46.4 Å². The second-order valence-electron chi connectivity index (χ2n) is 6.71. The van der Waals surface area contributed by atoms with Gasteiger partial charge in [0.15, 0.2) is 0 Å². The number of phenolic OH excluding ortho intramolecular Hbond substituents is 1. The van der Waals surface area contributed by atoms with Crippen LogP contribution in [0.15, 0.2) is 54.7 Å². The first kappa shape index (κ1) is 21.0. The fraction of sp³-hybridized carbons (Fsp3) is 0.0909. The molecule has 0 aliphatic rings. The Hall–Kier alpha value is -2.24. The maximum atomic E-state index is 11.0. The van der Waals surface area contributed by atoms with Crippen molar-refractivity contribution in [3.63, 3.8) is 0 Å². The van der Waals surface area contributed by atoms with Crippen LogP contribution >= 0.6 is 46.4 Å². The summed E-state index contributed by atoms with van der Waals surface area (Å²) in [6.07, 6.45) is 1.63. The highest BCUT2D eigenvalue weighted by atomic mass is 35.5. The Kier molecular flexibility index (Phi) is 5.94. The molecule has 2 aromatic heterocycles. The molecule has 2 N–H and O–H groups in total. The molecule has 0 fully saturated rings. The summed E-state index contributed by atoms with van der Waals surface area (Å²) < 4.78 is 0. The maximum absolute atomic E-state index is 11.0. The highest BCUT2D eigenvalue weighted by Crippen LogP contribution is 2.40. The Balaban J connectivity index is 1.92. The highest BCUT2D eigenvalue weighted by molar-refractivity contribution is 6.36. The molecular weight excluding hydrogens is 464 g/mol. The van der Waals surface area contributed by atoms with Gasteiger partial charge < -0.3 is 10.4 Å². The van der Waals surface area contributed by atoms with Crippen LogP contribution in [0.2, 0.25) is 20.1 Å². The number of anilines is 1. The molecule has 1 atom stereocenters. The number of aromatic hydroxyl groups is 1. The van der Waals surface area contributed by atoms with Crippen LogP contribution in [-0.4, -0.2) is 15.1 Å². The van der Waals surface area contributed by atoms with E-state index >= 15 is 0 Å². The van der Waals surface area contributed by atoms with Crippen molar-refractivity contribution in [2.45, 2.75) is 13.0 Å². The molecule has 0 amide bonds. The van der Waals surface area contributed by atoms with Crippen molar-refractivity contribution in [3.8, 4) is 5.75 Å². The first-order valence-electron chi connectivity index (χ1n) is 8.96. The minimum absolute atomic E-state index is 0.0310. The van der Waals surface area contributed by atoms with Crippen LogP contribution in [0.5, 0.6) is 5.75 Å². The molecule has 4 nitrogen and oxygen atoms in total. The molecule has 4 aromatic rings. The van der Waals surface area contributed by atoms with E-state index in [1.165, 1.54) is 0 Å². The van der Waals surface area contributed by atoms with Crippen molar-refractivity contribution >= 4 is 63.1 Å². The molecule has 2 heterocycles. The summed E-state index contributed by atoms with van der Waals surface area (Å²) in [5.41, 5.74) is 2.30. The second-order valence-corrected chi connectivity index (χ2v) is 8.37. The molecule has 2 aromatic carbocycles. The molecule has 0 bridgehead atoms. The first-order chi connectivity index (χ1) is 14.3. The van der Waals surface area contributed by atoms with Crippen molar-refractivity contribution in [1.29, 1.82) is 0 Å². The number of pyridine rings is 2. The predicted molar refractivity (Wildman–Crippen MR) is 124 cm³/mol. The Morgan fingerprint density at radius 3 is 2.50 bits per heavy atom. The van der Waals surface area contributed by atoms with Gasteiger partial charge in [-0.1, -0.05) is 64.6 Å². The molecule has 0 saturated carbocycles. The quantitative estimate of drug-likeness (QED) is 0.319. The van der Waals surface area contributed by atoms with Crippen LogP contribution in [0.25, 0.3) is 10.9 Å². The van der Waals surface area contributed by atoms with Crippen LogP contribution in [0.4, 0.5) is 5.82 Å². The fourth-order valence-corrected chi connectivity index (χ4v) is 4.05. The summed E-state index contributed by atoms with van der Waals surface area (Å²) in [7, 11) is 0. The van der Waals surface area contributed by atoms with Gasteiger partial charge >= 0.3 is 0 Å². The summed E-state index contributed by atoms with van der Waals surface area (Å²) in [6.45, 7) is 1.78. The standard InChI is InChI=1S/C22H15Cl4N3O/c1-11-17(25)10-18(26)22(28-11)29-20(15-9-13(23)5-7-16(15)24)14-6-4-12-3-2-8-27-19(12)21(14)30/h2-10,20,30H,1H3,(H,28,29). The lowest BCUT2D eigenvalue weighted by molar-refractivity contribution is 0.471. The Morgan fingerprint density at radius 2 is 1.70 bits per heavy atom. The first-order valence-corrected chi connectivity index (χ1v) is 10.5. The van der Waals surface area contributed by atoms with Gasteiger partial charge in [0, 0.05) is 27.2 Å². The van der Waals surface area contributed by atoms with E-state index in [1.807, 2.05) is 24.3 Å². The lowest BCUT2D eigenvalue weighted by Crippen LogP contribution is -2.15. The van der Waals surface area contributed by atoms with Crippen molar-refractivity contribution in [2.75, 3.05) is 5.32 Å². The smallest absolute Gasteiger partial charge is 0.147 e. The zero-order valence-electron chi connectivity index (χ0n) is 15.6. The SMILES string of the molecule is Cc1nc(NC(c2cc(Cl)ccc2Cl)c2ccc3cccnc3c2O)c(Cl)cc1Cl. The van der Waals surface area contributed by atoms with E-state index in [9.17, 15) is 5.11 Å². The third-order valence-corrected chi connectivity index (χ3v) is 6.00. The number of aromatic nitrogens is 2. The summed E-state index contributed by atoms with van der Waals surface area (Å²) in [6, 6.07) is 13.5. The number of halogens is 4. The molecule has 0 radical (unpaired) electrons. The van der Waals surface area contributed by atoms with E-state index in [-0.39, 0.29) is 5.75 Å². The summed E-state index contributed by atoms with van der Waals surface area (Å²) in [5.74, 6) is 0.434. The summed E-state index contributed by atoms with van der Waals surface area (Å²) in [5, 5.41) is 16.9. The zero-order valence-corrected chi connectivity index (χ0v) is 18.7. The van der Waals surface area contributed by atoms with Gasteiger partial charge in [-0.3, -0.25) is 4.98 Å². The number of hydrogen-bond acceptors (Lipinski definition) is 4. The Morgan fingerprint density at radius 1 is 0.900 bits per heavy atom. The zero-order chi connectivity index (χ0) is 21.4. The average Bonchev–Trinajstić information content (AvgIpc) is 2.73. The van der Waals surface area contributed by atoms with Gasteiger partial charge in [-0.15, -0.1) is 0 Å². The molecular formula is C22H15Cl4N3O. The average molecular weight is 479 g/mol. The minimum Gasteiger partial charge on any atom is -0.505 e. The van der Waals surface area contributed by atoms with E-state index < -0.39 is 6.04 Å². The monoisotopic (exact) mass is 477 g/mol. The van der Waals surface area contributed by atoms with Crippen LogP contribution < -0.4 is 5.32 Å². The molecule has 0 aliphatic heterocycles. The fourth-order valence-electron chi connectivity index (χ4n) is 3.23. The van der Waals surface area contributed by atoms with Crippen LogP contribution in [-0.2, 0) is 0 Å². The molecule has 30 heavy (non-hydrogen) atoms. The number of rotatable bonds is 4. The number of phenols is 1. The Bertz CT molecular complexity index is 1260. The number of benzene rings is 2. The van der Waals surface area contributed by atoms with Gasteiger partial charge in [0.2, 0.25) is 0 Å². The predicted octanol–water partition coefficient (Wildman–Crippen LogP) is 7.46. The lowest BCUT2D eigenvalue weighted by Gasteiger charge is -2.24. The molecule has 0 spiro atoms. The number of nitrogens with zero attached hydrogens (tertiary/aromatic N) is 2. The van der Waals surface area contributed by atoms with E-state index in [2.05, 4.69) is 15.3 Å². The Labute approximate surface area is 193 Å². The highest BCUT2D eigenvalue weighted by Gasteiger charge is 2.24. The number of aryl methyl sites for hydroxylation is 1. The van der Waals surface area contributed by atoms with Crippen molar-refractivity contribution in [1.82, 2.24) is 9.97 Å². The van der Waals surface area contributed by atoms with Gasteiger partial charge in [0.25, 0.3) is 0 Å². The normalized spacial score (nSPS) is 12.2. The van der Waals surface area contributed by atoms with E-state index in [1.54, 1.807) is 37.4 Å². The second kappa shape index (κ2) is 8.48. The van der Waals surface area contributed by atoms with Gasteiger partial charge in [0.05, 0.1) is 21.8 Å². The molecule has 0 aliphatic carbocycles. The van der Waals surface area contributed by atoms with Crippen LogP contribution in [0, 0.1) is 6.92 Å². The summed E-state index contributed by atoms with van der Waals surface area (Å²) in [4.78, 5) is 8.77. The van der Waals surface area contributed by atoms with Gasteiger partial charge in [-0.2, -0.15) is 0 Å². The molecule has 8 heteroatoms. The number of fused-ring (bicyclic) bond motifs is 1. The third kappa shape index (κ3) is 4.01. The maximum Gasteiger partial charge on any atom is 0.147 e. The van der Waals surface area contributed by atoms with Crippen LogP contribution in [0.3, 0.4) is 0 Å². The van der Waals surface area contributed by atoms with Crippen molar-refractivity contribution in [3.05, 3.63) is 91.6 Å². The third-order valence-electron chi connectivity index (χ3n) is 4.75. The lowest BCUT2D eigenvalue weighted by atomic mass is 9.96. The van der Waals surface area contributed by atoms with E-state index in [0.717, 1.165) is 5.39 Å².